The first kappa shape index (κ1) is 14.1. The lowest BCUT2D eigenvalue weighted by Crippen LogP contribution is -2.51. The Hall–Kier alpha value is -1.30. The van der Waals surface area contributed by atoms with Gasteiger partial charge in [0.1, 0.15) is 0 Å². The van der Waals surface area contributed by atoms with E-state index in [0.717, 1.165) is 12.8 Å². The van der Waals surface area contributed by atoms with Crippen LogP contribution in [0.5, 0.6) is 0 Å². The van der Waals surface area contributed by atoms with Crippen LogP contribution < -0.4 is 5.32 Å². The molecule has 2 amide bonds. The van der Waals surface area contributed by atoms with Gasteiger partial charge in [-0.3, -0.25) is 4.79 Å². The minimum atomic E-state index is -0.817. The van der Waals surface area contributed by atoms with Crippen LogP contribution in [-0.4, -0.2) is 53.8 Å². The molecule has 1 aliphatic heterocycles. The van der Waals surface area contributed by atoms with Gasteiger partial charge in [0.2, 0.25) is 0 Å². The fourth-order valence-corrected chi connectivity index (χ4v) is 2.78. The van der Waals surface area contributed by atoms with Gasteiger partial charge in [0.05, 0.1) is 12.0 Å². The Kier molecular flexibility index (Phi) is 4.29. The standard InChI is InChI=1S/C13H22N2O4/c1-3-19-10-4-9(5-10)14-13(18)15-6-8(2)11(7-15)12(16)17/h8-11H,3-7H2,1-2H3,(H,14,18)(H,16,17). The third-order valence-corrected chi connectivity index (χ3v) is 4.04. The highest BCUT2D eigenvalue weighted by molar-refractivity contribution is 5.78. The molecule has 2 N–H and O–H groups in total. The number of carboxylic acid groups (broad SMARTS) is 1. The van der Waals surface area contributed by atoms with Gasteiger partial charge in [0.25, 0.3) is 0 Å². The van der Waals surface area contributed by atoms with E-state index in [1.54, 1.807) is 4.90 Å². The molecule has 0 aromatic heterocycles. The number of carbonyl (C=O) groups is 2. The molecule has 1 aliphatic carbocycles. The van der Waals surface area contributed by atoms with E-state index in [9.17, 15) is 9.59 Å². The van der Waals surface area contributed by atoms with E-state index in [-0.39, 0.29) is 24.1 Å². The Balaban J connectivity index is 1.75. The summed E-state index contributed by atoms with van der Waals surface area (Å²) in [5, 5.41) is 12.0. The maximum atomic E-state index is 12.0. The molecule has 6 nitrogen and oxygen atoms in total. The summed E-state index contributed by atoms with van der Waals surface area (Å²) in [4.78, 5) is 24.6. The number of carboxylic acids is 1. The van der Waals surface area contributed by atoms with E-state index in [0.29, 0.717) is 19.7 Å². The van der Waals surface area contributed by atoms with Crippen molar-refractivity contribution in [3.63, 3.8) is 0 Å². The molecule has 0 bridgehead atoms. The average molecular weight is 270 g/mol. The zero-order valence-corrected chi connectivity index (χ0v) is 11.5. The molecule has 2 rings (SSSR count). The normalized spacial score (nSPS) is 33.9. The fraction of sp³-hybridized carbons (Fsp3) is 0.846. The van der Waals surface area contributed by atoms with E-state index in [4.69, 9.17) is 9.84 Å². The first-order valence-corrected chi connectivity index (χ1v) is 6.91. The SMILES string of the molecule is CCOC1CC(NC(=O)N2CC(C)C(C(=O)O)C2)C1. The summed E-state index contributed by atoms with van der Waals surface area (Å²) in [6.07, 6.45) is 1.97. The van der Waals surface area contributed by atoms with Gasteiger partial charge in [-0.1, -0.05) is 6.92 Å². The van der Waals surface area contributed by atoms with E-state index in [1.807, 2.05) is 13.8 Å². The smallest absolute Gasteiger partial charge is 0.317 e. The van der Waals surface area contributed by atoms with Crippen LogP contribution >= 0.6 is 0 Å². The Morgan fingerprint density at radius 2 is 2.05 bits per heavy atom. The third-order valence-electron chi connectivity index (χ3n) is 4.04. The lowest BCUT2D eigenvalue weighted by Gasteiger charge is -2.36. The molecule has 0 radical (unpaired) electrons. The zero-order valence-electron chi connectivity index (χ0n) is 11.5. The molecule has 1 saturated carbocycles. The van der Waals surface area contributed by atoms with Crippen molar-refractivity contribution in [3.8, 4) is 0 Å². The van der Waals surface area contributed by atoms with Gasteiger partial charge in [0, 0.05) is 25.7 Å². The molecule has 2 fully saturated rings. The Morgan fingerprint density at radius 1 is 1.37 bits per heavy atom. The number of hydrogen-bond acceptors (Lipinski definition) is 3. The zero-order chi connectivity index (χ0) is 14.0. The minimum absolute atomic E-state index is 0.0146. The van der Waals surface area contributed by atoms with Crippen LogP contribution in [0.25, 0.3) is 0 Å². The number of hydrogen-bond donors (Lipinski definition) is 2. The summed E-state index contributed by atoms with van der Waals surface area (Å²) in [5.74, 6) is -1.24. The van der Waals surface area contributed by atoms with Crippen LogP contribution in [0.3, 0.4) is 0 Å². The molecule has 108 valence electrons. The largest absolute Gasteiger partial charge is 0.481 e. The number of aliphatic carboxylic acids is 1. The Labute approximate surface area is 113 Å². The molecule has 2 aliphatic rings. The topological polar surface area (TPSA) is 78.9 Å². The van der Waals surface area contributed by atoms with Crippen molar-refractivity contribution in [1.82, 2.24) is 10.2 Å². The highest BCUT2D eigenvalue weighted by Crippen LogP contribution is 2.26. The van der Waals surface area contributed by atoms with Gasteiger partial charge in [0.15, 0.2) is 0 Å². The predicted molar refractivity (Wildman–Crippen MR) is 68.8 cm³/mol. The van der Waals surface area contributed by atoms with Gasteiger partial charge >= 0.3 is 12.0 Å². The molecule has 2 atom stereocenters. The van der Waals surface area contributed by atoms with Crippen molar-refractivity contribution in [1.29, 1.82) is 0 Å². The second kappa shape index (κ2) is 5.77. The fourth-order valence-electron chi connectivity index (χ4n) is 2.78. The van der Waals surface area contributed by atoms with E-state index >= 15 is 0 Å². The monoisotopic (exact) mass is 270 g/mol. The van der Waals surface area contributed by atoms with Crippen molar-refractivity contribution >= 4 is 12.0 Å². The summed E-state index contributed by atoms with van der Waals surface area (Å²) in [6.45, 7) is 5.37. The van der Waals surface area contributed by atoms with Crippen LogP contribution in [0.15, 0.2) is 0 Å². The average Bonchev–Trinajstić information content (AvgIpc) is 2.68. The Bertz CT molecular complexity index is 355. The summed E-state index contributed by atoms with van der Waals surface area (Å²) in [7, 11) is 0. The lowest BCUT2D eigenvalue weighted by molar-refractivity contribution is -0.142. The predicted octanol–water partition coefficient (Wildman–Crippen LogP) is 0.916. The number of nitrogens with one attached hydrogen (secondary N) is 1. The molecule has 19 heavy (non-hydrogen) atoms. The first-order chi connectivity index (χ1) is 9.01. The summed E-state index contributed by atoms with van der Waals surface area (Å²) in [6, 6.07) is 0.0267. The number of amides is 2. The molecule has 1 saturated heterocycles. The molecular formula is C13H22N2O4. The molecule has 6 heteroatoms. The molecule has 1 heterocycles. The van der Waals surface area contributed by atoms with Crippen molar-refractivity contribution in [2.24, 2.45) is 11.8 Å². The van der Waals surface area contributed by atoms with Crippen molar-refractivity contribution in [2.45, 2.75) is 38.8 Å². The number of carbonyl (C=O) groups excluding carboxylic acids is 1. The second-order valence-electron chi connectivity index (χ2n) is 5.52. The number of rotatable bonds is 4. The highest BCUT2D eigenvalue weighted by atomic mass is 16.5. The Morgan fingerprint density at radius 3 is 2.58 bits per heavy atom. The third kappa shape index (κ3) is 3.18. The molecule has 0 aromatic carbocycles. The summed E-state index contributed by atoms with van der Waals surface area (Å²) in [5.41, 5.74) is 0. The second-order valence-corrected chi connectivity index (χ2v) is 5.52. The van der Waals surface area contributed by atoms with Gasteiger partial charge in [-0.15, -0.1) is 0 Å². The summed E-state index contributed by atoms with van der Waals surface area (Å²) >= 11 is 0. The quantitative estimate of drug-likeness (QED) is 0.796. The summed E-state index contributed by atoms with van der Waals surface area (Å²) < 4.78 is 5.44. The van der Waals surface area contributed by atoms with Crippen molar-refractivity contribution in [2.75, 3.05) is 19.7 Å². The van der Waals surface area contributed by atoms with E-state index < -0.39 is 11.9 Å². The van der Waals surface area contributed by atoms with Gasteiger partial charge in [-0.25, -0.2) is 4.79 Å². The van der Waals surface area contributed by atoms with E-state index in [1.165, 1.54) is 0 Å². The van der Waals surface area contributed by atoms with Gasteiger partial charge < -0.3 is 20.1 Å². The maximum absolute atomic E-state index is 12.0. The maximum Gasteiger partial charge on any atom is 0.317 e. The van der Waals surface area contributed by atoms with Crippen LogP contribution in [0, 0.1) is 11.8 Å². The molecule has 0 aromatic rings. The number of urea groups is 1. The lowest BCUT2D eigenvalue weighted by atomic mass is 9.89. The van der Waals surface area contributed by atoms with Crippen LogP contribution in [0.4, 0.5) is 4.79 Å². The van der Waals surface area contributed by atoms with Crippen LogP contribution in [0.2, 0.25) is 0 Å². The number of nitrogens with zero attached hydrogens (tertiary/aromatic N) is 1. The van der Waals surface area contributed by atoms with Crippen molar-refractivity contribution in [3.05, 3.63) is 0 Å². The van der Waals surface area contributed by atoms with Crippen LogP contribution in [0.1, 0.15) is 26.7 Å². The molecular weight excluding hydrogens is 248 g/mol. The molecule has 2 unspecified atom stereocenters. The highest BCUT2D eigenvalue weighted by Gasteiger charge is 2.38. The minimum Gasteiger partial charge on any atom is -0.481 e. The van der Waals surface area contributed by atoms with E-state index in [2.05, 4.69) is 5.32 Å². The van der Waals surface area contributed by atoms with Crippen molar-refractivity contribution < 1.29 is 19.4 Å². The van der Waals surface area contributed by atoms with Crippen LogP contribution in [-0.2, 0) is 9.53 Å². The van der Waals surface area contributed by atoms with Gasteiger partial charge in [-0.2, -0.15) is 0 Å². The molecule has 0 spiro atoms. The first-order valence-electron chi connectivity index (χ1n) is 6.91. The number of ether oxygens (including phenoxy) is 1. The van der Waals surface area contributed by atoms with Gasteiger partial charge in [-0.05, 0) is 25.7 Å². The number of likely N-dealkylation sites (tertiary alicyclic amines) is 1.